The molecule has 0 bridgehead atoms. The molecule has 0 radical (unpaired) electrons. The molecule has 0 aromatic carbocycles. The summed E-state index contributed by atoms with van der Waals surface area (Å²) in [4.78, 5) is 20.5. The Morgan fingerprint density at radius 1 is 1.47 bits per heavy atom. The Morgan fingerprint density at radius 2 is 2.29 bits per heavy atom. The first-order chi connectivity index (χ1) is 8.20. The third-order valence-electron chi connectivity index (χ3n) is 2.09. The Balaban J connectivity index is 2.27. The Labute approximate surface area is 103 Å². The third-order valence-corrected chi connectivity index (χ3v) is 3.09. The van der Waals surface area contributed by atoms with E-state index in [-0.39, 0.29) is 5.97 Å². The molecule has 2 aromatic rings. The van der Waals surface area contributed by atoms with Gasteiger partial charge in [0.2, 0.25) is 0 Å². The highest BCUT2D eigenvalue weighted by molar-refractivity contribution is 7.16. The monoisotopic (exact) mass is 248 g/mol. The molecule has 0 aliphatic carbocycles. The average Bonchev–Trinajstić information content (AvgIpc) is 2.78. The van der Waals surface area contributed by atoms with Gasteiger partial charge in [0.15, 0.2) is 0 Å². The summed E-state index contributed by atoms with van der Waals surface area (Å²) in [5, 5.41) is 0.733. The van der Waals surface area contributed by atoms with Gasteiger partial charge in [0.05, 0.1) is 18.5 Å². The molecule has 4 nitrogen and oxygen atoms in total. The van der Waals surface area contributed by atoms with Crippen LogP contribution in [-0.4, -0.2) is 22.5 Å². The molecule has 0 fully saturated rings. The van der Waals surface area contributed by atoms with Crippen LogP contribution in [0, 0.1) is 6.92 Å². The average molecular weight is 248 g/mol. The van der Waals surface area contributed by atoms with Gasteiger partial charge in [-0.25, -0.2) is 9.78 Å². The fraction of sp³-hybridized carbons (Fsp3) is 0.250. The van der Waals surface area contributed by atoms with E-state index < -0.39 is 0 Å². The molecule has 2 rings (SSSR count). The molecule has 88 valence electrons. The van der Waals surface area contributed by atoms with Crippen molar-refractivity contribution in [3.8, 4) is 10.7 Å². The largest absolute Gasteiger partial charge is 0.462 e. The molecular weight excluding hydrogens is 236 g/mol. The topological polar surface area (TPSA) is 52.1 Å². The number of aromatic nitrogens is 2. The Hall–Kier alpha value is -1.75. The maximum absolute atomic E-state index is 11.5. The smallest absolute Gasteiger partial charge is 0.349 e. The molecule has 0 amide bonds. The lowest BCUT2D eigenvalue weighted by molar-refractivity contribution is 0.0532. The molecule has 0 aliphatic heterocycles. The molecular formula is C12H12N2O2S. The van der Waals surface area contributed by atoms with Crippen LogP contribution in [0.25, 0.3) is 10.7 Å². The van der Waals surface area contributed by atoms with Crippen molar-refractivity contribution in [1.29, 1.82) is 0 Å². The minimum absolute atomic E-state index is 0.330. The van der Waals surface area contributed by atoms with Gasteiger partial charge in [0.25, 0.3) is 0 Å². The predicted molar refractivity (Wildman–Crippen MR) is 66.0 cm³/mol. The first-order valence-corrected chi connectivity index (χ1v) is 6.09. The van der Waals surface area contributed by atoms with Crippen molar-refractivity contribution < 1.29 is 9.53 Å². The molecule has 0 saturated heterocycles. The Bertz CT molecular complexity index is 537. The number of hydrogen-bond acceptors (Lipinski definition) is 5. The van der Waals surface area contributed by atoms with Crippen LogP contribution in [0.5, 0.6) is 0 Å². The van der Waals surface area contributed by atoms with Crippen molar-refractivity contribution in [3.63, 3.8) is 0 Å². The molecule has 0 aliphatic rings. The van der Waals surface area contributed by atoms with Gasteiger partial charge in [-0.3, -0.25) is 4.98 Å². The van der Waals surface area contributed by atoms with Crippen molar-refractivity contribution in [2.24, 2.45) is 0 Å². The van der Waals surface area contributed by atoms with Gasteiger partial charge in [-0.2, -0.15) is 0 Å². The summed E-state index contributed by atoms with van der Waals surface area (Å²) in [5.41, 5.74) is 1.71. The minimum Gasteiger partial charge on any atom is -0.462 e. The van der Waals surface area contributed by atoms with Gasteiger partial charge in [-0.1, -0.05) is 6.07 Å². The Morgan fingerprint density at radius 3 is 3.00 bits per heavy atom. The maximum Gasteiger partial charge on any atom is 0.349 e. The van der Waals surface area contributed by atoms with Crippen molar-refractivity contribution in [2.75, 3.05) is 6.61 Å². The predicted octanol–water partition coefficient (Wildman–Crippen LogP) is 2.69. The summed E-state index contributed by atoms with van der Waals surface area (Å²) < 4.78 is 4.91. The number of carbonyl (C=O) groups is 1. The number of thiazole rings is 1. The van der Waals surface area contributed by atoms with Gasteiger partial charge in [0, 0.05) is 5.69 Å². The van der Waals surface area contributed by atoms with E-state index in [9.17, 15) is 4.79 Å². The lowest BCUT2D eigenvalue weighted by Gasteiger charge is -1.97. The summed E-state index contributed by atoms with van der Waals surface area (Å²) in [5.74, 6) is -0.330. The zero-order valence-corrected chi connectivity index (χ0v) is 10.5. The van der Waals surface area contributed by atoms with E-state index in [1.54, 1.807) is 6.92 Å². The number of rotatable bonds is 3. The van der Waals surface area contributed by atoms with Crippen molar-refractivity contribution in [1.82, 2.24) is 9.97 Å². The van der Waals surface area contributed by atoms with Gasteiger partial charge in [0.1, 0.15) is 9.88 Å². The zero-order valence-electron chi connectivity index (χ0n) is 9.64. The molecule has 0 spiro atoms. The number of ether oxygens (including phenoxy) is 1. The van der Waals surface area contributed by atoms with Crippen LogP contribution in [0.15, 0.2) is 24.4 Å². The first-order valence-electron chi connectivity index (χ1n) is 5.27. The van der Waals surface area contributed by atoms with E-state index in [0.717, 1.165) is 16.4 Å². The second kappa shape index (κ2) is 5.05. The number of nitrogens with zero attached hydrogens (tertiary/aromatic N) is 2. The third kappa shape index (κ3) is 2.68. The molecule has 2 aromatic heterocycles. The van der Waals surface area contributed by atoms with Crippen LogP contribution in [0.3, 0.4) is 0 Å². The number of pyridine rings is 1. The van der Waals surface area contributed by atoms with Crippen LogP contribution < -0.4 is 0 Å². The summed E-state index contributed by atoms with van der Waals surface area (Å²) in [6.45, 7) is 4.07. The van der Waals surface area contributed by atoms with Crippen LogP contribution in [0.2, 0.25) is 0 Å². The maximum atomic E-state index is 11.5. The van der Waals surface area contributed by atoms with E-state index in [0.29, 0.717) is 11.5 Å². The van der Waals surface area contributed by atoms with Crippen molar-refractivity contribution >= 4 is 17.3 Å². The second-order valence-corrected chi connectivity index (χ2v) is 4.44. The summed E-state index contributed by atoms with van der Waals surface area (Å²) in [7, 11) is 0. The quantitative estimate of drug-likeness (QED) is 0.784. The summed E-state index contributed by atoms with van der Waals surface area (Å²) >= 11 is 1.29. The molecule has 0 atom stereocenters. The minimum atomic E-state index is -0.330. The van der Waals surface area contributed by atoms with Gasteiger partial charge < -0.3 is 4.74 Å². The van der Waals surface area contributed by atoms with Crippen molar-refractivity contribution in [3.05, 3.63) is 35.0 Å². The van der Waals surface area contributed by atoms with E-state index in [1.165, 1.54) is 17.5 Å². The normalized spacial score (nSPS) is 10.2. The van der Waals surface area contributed by atoms with E-state index >= 15 is 0 Å². The molecule has 5 heteroatoms. The highest BCUT2D eigenvalue weighted by atomic mass is 32.1. The van der Waals surface area contributed by atoms with Crippen LogP contribution >= 0.6 is 11.3 Å². The lowest BCUT2D eigenvalue weighted by Crippen LogP contribution is -2.01. The fourth-order valence-electron chi connectivity index (χ4n) is 1.35. The number of esters is 1. The summed E-state index contributed by atoms with van der Waals surface area (Å²) in [6.07, 6.45) is 1.53. The number of hydrogen-bond donors (Lipinski definition) is 0. The highest BCUT2D eigenvalue weighted by Crippen LogP contribution is 2.24. The second-order valence-electron chi connectivity index (χ2n) is 3.41. The molecule has 0 saturated carbocycles. The lowest BCUT2D eigenvalue weighted by atomic mass is 10.3. The van der Waals surface area contributed by atoms with E-state index in [2.05, 4.69) is 9.97 Å². The fourth-order valence-corrected chi connectivity index (χ4v) is 2.13. The van der Waals surface area contributed by atoms with Gasteiger partial charge in [-0.05, 0) is 26.0 Å². The van der Waals surface area contributed by atoms with E-state index in [4.69, 9.17) is 4.74 Å². The SMILES string of the molecule is CCOC(=O)c1cnc(-c2cccc(C)n2)s1. The number of aryl methyl sites for hydroxylation is 1. The zero-order chi connectivity index (χ0) is 12.3. The summed E-state index contributed by atoms with van der Waals surface area (Å²) in [6, 6.07) is 5.72. The number of carbonyl (C=O) groups excluding carboxylic acids is 1. The molecule has 0 N–H and O–H groups in total. The van der Waals surface area contributed by atoms with Gasteiger partial charge >= 0.3 is 5.97 Å². The molecule has 17 heavy (non-hydrogen) atoms. The standard InChI is InChI=1S/C12H12N2O2S/c1-3-16-12(15)10-7-13-11(17-10)9-6-4-5-8(2)14-9/h4-7H,3H2,1-2H3. The molecule has 2 heterocycles. The van der Waals surface area contributed by atoms with Crippen LogP contribution in [0.4, 0.5) is 0 Å². The van der Waals surface area contributed by atoms with Crippen LogP contribution in [-0.2, 0) is 4.74 Å². The first kappa shape index (κ1) is 11.7. The van der Waals surface area contributed by atoms with Crippen LogP contribution in [0.1, 0.15) is 22.3 Å². The molecule has 0 unspecified atom stereocenters. The van der Waals surface area contributed by atoms with Gasteiger partial charge in [-0.15, -0.1) is 11.3 Å². The van der Waals surface area contributed by atoms with E-state index in [1.807, 2.05) is 25.1 Å². The Kier molecular flexibility index (Phi) is 3.49. The highest BCUT2D eigenvalue weighted by Gasteiger charge is 2.12. The van der Waals surface area contributed by atoms with Crippen molar-refractivity contribution in [2.45, 2.75) is 13.8 Å².